The van der Waals surface area contributed by atoms with E-state index in [0.29, 0.717) is 6.54 Å². The fourth-order valence-corrected chi connectivity index (χ4v) is 2.10. The Morgan fingerprint density at radius 2 is 2.06 bits per heavy atom. The zero-order valence-electron chi connectivity index (χ0n) is 9.71. The predicted molar refractivity (Wildman–Crippen MR) is 68.9 cm³/mol. The molecular formula is C13H17ClN2O. The van der Waals surface area contributed by atoms with Gasteiger partial charge >= 0.3 is 0 Å². The van der Waals surface area contributed by atoms with Crippen molar-refractivity contribution < 1.29 is 4.79 Å². The van der Waals surface area contributed by atoms with E-state index in [2.05, 4.69) is 10.6 Å². The Hall–Kier alpha value is -1.06. The molecule has 0 aliphatic carbocycles. The lowest BCUT2D eigenvalue weighted by Crippen LogP contribution is -2.42. The van der Waals surface area contributed by atoms with Gasteiger partial charge in [-0.2, -0.15) is 0 Å². The van der Waals surface area contributed by atoms with Crippen molar-refractivity contribution in [3.05, 3.63) is 34.9 Å². The summed E-state index contributed by atoms with van der Waals surface area (Å²) in [7, 11) is 0. The van der Waals surface area contributed by atoms with Crippen LogP contribution in [0.2, 0.25) is 5.02 Å². The summed E-state index contributed by atoms with van der Waals surface area (Å²) < 4.78 is 0. The van der Waals surface area contributed by atoms with Crippen molar-refractivity contribution in [2.24, 2.45) is 0 Å². The number of halogens is 1. The van der Waals surface area contributed by atoms with Crippen molar-refractivity contribution >= 4 is 17.5 Å². The van der Waals surface area contributed by atoms with E-state index >= 15 is 0 Å². The Bertz CT molecular complexity index is 378. The molecule has 3 nitrogen and oxygen atoms in total. The van der Waals surface area contributed by atoms with E-state index in [-0.39, 0.29) is 11.9 Å². The highest BCUT2D eigenvalue weighted by Crippen LogP contribution is 2.10. The fraction of sp³-hybridized carbons (Fsp3) is 0.462. The molecule has 0 aromatic heterocycles. The Balaban J connectivity index is 1.88. The van der Waals surface area contributed by atoms with Crippen LogP contribution in [0, 0.1) is 0 Å². The van der Waals surface area contributed by atoms with E-state index in [0.717, 1.165) is 36.4 Å². The van der Waals surface area contributed by atoms with Gasteiger partial charge in [-0.15, -0.1) is 0 Å². The first kappa shape index (κ1) is 12.4. The number of carbonyl (C=O) groups is 1. The molecule has 1 aromatic rings. The first-order valence-electron chi connectivity index (χ1n) is 6.01. The summed E-state index contributed by atoms with van der Waals surface area (Å²) in [4.78, 5) is 11.7. The lowest BCUT2D eigenvalue weighted by molar-refractivity contribution is -0.122. The van der Waals surface area contributed by atoms with E-state index in [1.807, 2.05) is 24.3 Å². The van der Waals surface area contributed by atoms with Gasteiger partial charge in [-0.05, 0) is 37.0 Å². The topological polar surface area (TPSA) is 41.1 Å². The highest BCUT2D eigenvalue weighted by Gasteiger charge is 2.19. The van der Waals surface area contributed by atoms with Crippen molar-refractivity contribution in [2.75, 3.05) is 6.54 Å². The molecular weight excluding hydrogens is 236 g/mol. The average Bonchev–Trinajstić information content (AvgIpc) is 2.54. The zero-order valence-corrected chi connectivity index (χ0v) is 10.5. The first-order valence-corrected chi connectivity index (χ1v) is 6.39. The van der Waals surface area contributed by atoms with Gasteiger partial charge in [0.25, 0.3) is 0 Å². The van der Waals surface area contributed by atoms with E-state index in [9.17, 15) is 4.79 Å². The maximum atomic E-state index is 11.7. The summed E-state index contributed by atoms with van der Waals surface area (Å²) in [5.41, 5.74) is 1.14. The van der Waals surface area contributed by atoms with Crippen molar-refractivity contribution in [2.45, 2.75) is 31.8 Å². The van der Waals surface area contributed by atoms with Gasteiger partial charge in [-0.25, -0.2) is 0 Å². The third-order valence-corrected chi connectivity index (χ3v) is 3.25. The molecule has 1 saturated heterocycles. The van der Waals surface area contributed by atoms with E-state index in [4.69, 9.17) is 11.6 Å². The molecule has 2 rings (SSSR count). The number of carbonyl (C=O) groups excluding carboxylic acids is 1. The van der Waals surface area contributed by atoms with Crippen molar-refractivity contribution in [3.63, 3.8) is 0 Å². The van der Waals surface area contributed by atoms with Crippen LogP contribution in [-0.2, 0) is 11.3 Å². The van der Waals surface area contributed by atoms with Crippen LogP contribution in [0.5, 0.6) is 0 Å². The van der Waals surface area contributed by atoms with Crippen LogP contribution in [0.4, 0.5) is 0 Å². The zero-order chi connectivity index (χ0) is 12.1. The molecule has 4 heteroatoms. The van der Waals surface area contributed by atoms with E-state index in [1.54, 1.807) is 0 Å². The van der Waals surface area contributed by atoms with Gasteiger partial charge in [0, 0.05) is 18.1 Å². The molecule has 1 amide bonds. The Morgan fingerprint density at radius 1 is 1.29 bits per heavy atom. The second kappa shape index (κ2) is 6.03. The fourth-order valence-electron chi connectivity index (χ4n) is 1.98. The molecule has 1 atom stereocenters. The number of nitrogens with one attached hydrogen (secondary N) is 2. The molecule has 1 aliphatic rings. The number of hydrogen-bond acceptors (Lipinski definition) is 2. The van der Waals surface area contributed by atoms with E-state index < -0.39 is 0 Å². The predicted octanol–water partition coefficient (Wildman–Crippen LogP) is 2.10. The molecule has 2 N–H and O–H groups in total. The molecule has 0 spiro atoms. The van der Waals surface area contributed by atoms with Gasteiger partial charge in [0.1, 0.15) is 0 Å². The van der Waals surface area contributed by atoms with Gasteiger partial charge in [0.05, 0.1) is 6.04 Å². The molecule has 1 fully saturated rings. The Kier molecular flexibility index (Phi) is 4.40. The van der Waals surface area contributed by atoms with Crippen LogP contribution >= 0.6 is 11.6 Å². The third kappa shape index (κ3) is 3.72. The molecule has 92 valence electrons. The lowest BCUT2D eigenvalue weighted by Gasteiger charge is -2.15. The highest BCUT2D eigenvalue weighted by molar-refractivity contribution is 6.30. The SMILES string of the molecule is O=C1NCCCCC1NCc1ccc(Cl)cc1. The summed E-state index contributed by atoms with van der Waals surface area (Å²) in [6.07, 6.45) is 3.08. The minimum absolute atomic E-state index is 0.0619. The minimum Gasteiger partial charge on any atom is -0.355 e. The summed E-state index contributed by atoms with van der Waals surface area (Å²) in [5, 5.41) is 6.95. The molecule has 0 bridgehead atoms. The quantitative estimate of drug-likeness (QED) is 0.865. The summed E-state index contributed by atoms with van der Waals surface area (Å²) >= 11 is 5.82. The Labute approximate surface area is 107 Å². The van der Waals surface area contributed by atoms with Crippen LogP contribution in [0.25, 0.3) is 0 Å². The number of amides is 1. The number of benzene rings is 1. The van der Waals surface area contributed by atoms with Crippen LogP contribution < -0.4 is 10.6 Å². The van der Waals surface area contributed by atoms with Crippen LogP contribution in [0.3, 0.4) is 0 Å². The van der Waals surface area contributed by atoms with Crippen molar-refractivity contribution in [1.29, 1.82) is 0 Å². The maximum absolute atomic E-state index is 11.7. The summed E-state index contributed by atoms with van der Waals surface area (Å²) in [6, 6.07) is 7.62. The summed E-state index contributed by atoms with van der Waals surface area (Å²) in [6.45, 7) is 1.51. The maximum Gasteiger partial charge on any atom is 0.237 e. The first-order chi connectivity index (χ1) is 8.25. The van der Waals surface area contributed by atoms with Gasteiger partial charge in [-0.3, -0.25) is 4.79 Å². The monoisotopic (exact) mass is 252 g/mol. The molecule has 1 aromatic carbocycles. The highest BCUT2D eigenvalue weighted by atomic mass is 35.5. The largest absolute Gasteiger partial charge is 0.355 e. The molecule has 1 aliphatic heterocycles. The number of rotatable bonds is 3. The van der Waals surface area contributed by atoms with E-state index in [1.165, 1.54) is 0 Å². The van der Waals surface area contributed by atoms with Gasteiger partial charge in [-0.1, -0.05) is 23.7 Å². The molecule has 0 saturated carbocycles. The molecule has 17 heavy (non-hydrogen) atoms. The molecule has 1 unspecified atom stereocenters. The molecule has 0 radical (unpaired) electrons. The van der Waals surface area contributed by atoms with Crippen molar-refractivity contribution in [1.82, 2.24) is 10.6 Å². The second-order valence-corrected chi connectivity index (χ2v) is 4.78. The van der Waals surface area contributed by atoms with Gasteiger partial charge in [0.15, 0.2) is 0 Å². The molecule has 1 heterocycles. The van der Waals surface area contributed by atoms with Crippen LogP contribution in [-0.4, -0.2) is 18.5 Å². The second-order valence-electron chi connectivity index (χ2n) is 4.35. The van der Waals surface area contributed by atoms with Crippen LogP contribution in [0.1, 0.15) is 24.8 Å². The third-order valence-electron chi connectivity index (χ3n) is 3.00. The number of hydrogen-bond donors (Lipinski definition) is 2. The minimum atomic E-state index is -0.0619. The standard InChI is InChI=1S/C13H17ClN2O/c14-11-6-4-10(5-7-11)9-16-12-3-1-2-8-15-13(12)17/h4-7,12,16H,1-3,8-9H2,(H,15,17). The summed E-state index contributed by atoms with van der Waals surface area (Å²) in [5.74, 6) is 0.122. The van der Waals surface area contributed by atoms with Crippen molar-refractivity contribution in [3.8, 4) is 0 Å². The normalized spacial score (nSPS) is 20.8. The van der Waals surface area contributed by atoms with Crippen LogP contribution in [0.15, 0.2) is 24.3 Å². The van der Waals surface area contributed by atoms with Gasteiger partial charge in [0.2, 0.25) is 5.91 Å². The van der Waals surface area contributed by atoms with Gasteiger partial charge < -0.3 is 10.6 Å². The average molecular weight is 253 g/mol. The smallest absolute Gasteiger partial charge is 0.237 e. The Morgan fingerprint density at radius 3 is 2.82 bits per heavy atom. The lowest BCUT2D eigenvalue weighted by atomic mass is 10.1.